The van der Waals surface area contributed by atoms with Gasteiger partial charge in [0.05, 0.1) is 0 Å². The van der Waals surface area contributed by atoms with Gasteiger partial charge in [0.15, 0.2) is 0 Å². The van der Waals surface area contributed by atoms with Gasteiger partial charge in [0, 0.05) is 62.2 Å². The van der Waals surface area contributed by atoms with Gasteiger partial charge in [-0.1, -0.05) is 6.07 Å². The molecule has 0 saturated heterocycles. The molecule has 3 aromatic heterocycles. The zero-order chi connectivity index (χ0) is 17.5. The third-order valence-electron chi connectivity index (χ3n) is 4.15. The maximum Gasteiger partial charge on any atom is 0.233 e. The van der Waals surface area contributed by atoms with E-state index in [1.807, 2.05) is 35.2 Å². The summed E-state index contributed by atoms with van der Waals surface area (Å²) < 4.78 is 2.00. The van der Waals surface area contributed by atoms with E-state index in [1.165, 1.54) is 5.56 Å². The van der Waals surface area contributed by atoms with Gasteiger partial charge < -0.3 is 10.2 Å². The summed E-state index contributed by atoms with van der Waals surface area (Å²) in [6, 6.07) is 10.0. The zero-order valence-corrected chi connectivity index (χ0v) is 14.8. The molecule has 0 aromatic carbocycles. The van der Waals surface area contributed by atoms with Crippen molar-refractivity contribution in [1.29, 1.82) is 0 Å². The van der Waals surface area contributed by atoms with Crippen LogP contribution in [0.5, 0.6) is 0 Å². The first-order valence-electron chi connectivity index (χ1n) is 8.66. The Kier molecular flexibility index (Phi) is 5.74. The molecule has 6 heteroatoms. The molecule has 0 bridgehead atoms. The third-order valence-corrected chi connectivity index (χ3v) is 4.15. The number of nitrogens with one attached hydrogen (secondary N) is 1. The molecule has 0 atom stereocenters. The lowest BCUT2D eigenvalue weighted by atomic mass is 10.2. The Morgan fingerprint density at radius 1 is 0.920 bits per heavy atom. The second-order valence-electron chi connectivity index (χ2n) is 5.68. The van der Waals surface area contributed by atoms with E-state index in [0.717, 1.165) is 37.7 Å². The zero-order valence-electron chi connectivity index (χ0n) is 14.8. The molecule has 130 valence electrons. The number of hydrogen-bond donors (Lipinski definition) is 1. The monoisotopic (exact) mass is 336 g/mol. The molecule has 0 aliphatic rings. The molecular formula is C19H24N6. The van der Waals surface area contributed by atoms with Crippen molar-refractivity contribution in [2.24, 2.45) is 0 Å². The van der Waals surface area contributed by atoms with Crippen molar-refractivity contribution < 1.29 is 0 Å². The van der Waals surface area contributed by atoms with Gasteiger partial charge in [0.1, 0.15) is 5.82 Å². The van der Waals surface area contributed by atoms with E-state index in [2.05, 4.69) is 51.1 Å². The Morgan fingerprint density at radius 3 is 2.44 bits per heavy atom. The normalized spacial score (nSPS) is 10.8. The minimum Gasteiger partial charge on any atom is -0.357 e. The lowest BCUT2D eigenvalue weighted by Gasteiger charge is -2.22. The molecule has 0 amide bonds. The van der Waals surface area contributed by atoms with Crippen molar-refractivity contribution in [2.45, 2.75) is 26.9 Å². The molecule has 6 nitrogen and oxygen atoms in total. The summed E-state index contributed by atoms with van der Waals surface area (Å²) in [7, 11) is 0. The summed E-state index contributed by atoms with van der Waals surface area (Å²) >= 11 is 0. The summed E-state index contributed by atoms with van der Waals surface area (Å²) in [5.74, 6) is 1.75. The van der Waals surface area contributed by atoms with Crippen LogP contribution in [0.15, 0.2) is 55.1 Å². The molecule has 3 heterocycles. The van der Waals surface area contributed by atoms with Gasteiger partial charge in [0.2, 0.25) is 5.95 Å². The fourth-order valence-corrected chi connectivity index (χ4v) is 2.87. The van der Waals surface area contributed by atoms with E-state index < -0.39 is 0 Å². The van der Waals surface area contributed by atoms with Crippen molar-refractivity contribution in [2.75, 3.05) is 18.0 Å². The highest BCUT2D eigenvalue weighted by Crippen LogP contribution is 2.17. The molecular weight excluding hydrogens is 312 g/mol. The predicted molar refractivity (Wildman–Crippen MR) is 99.7 cm³/mol. The van der Waals surface area contributed by atoms with E-state index in [1.54, 1.807) is 12.4 Å². The number of pyridine rings is 1. The van der Waals surface area contributed by atoms with Gasteiger partial charge in [-0.15, -0.1) is 0 Å². The minimum atomic E-state index is 0.689. The number of nitrogens with zero attached hydrogens (tertiary/aromatic N) is 5. The predicted octanol–water partition coefficient (Wildman–Crippen LogP) is 2.80. The van der Waals surface area contributed by atoms with E-state index in [0.29, 0.717) is 5.95 Å². The molecule has 0 aliphatic carbocycles. The molecule has 3 rings (SSSR count). The molecule has 0 saturated carbocycles. The minimum absolute atomic E-state index is 0.689. The average molecular weight is 336 g/mol. The van der Waals surface area contributed by atoms with Gasteiger partial charge in [-0.05, 0) is 38.1 Å². The van der Waals surface area contributed by atoms with Crippen molar-refractivity contribution >= 4 is 5.82 Å². The number of rotatable bonds is 8. The molecule has 25 heavy (non-hydrogen) atoms. The van der Waals surface area contributed by atoms with Crippen LogP contribution in [0.2, 0.25) is 0 Å². The van der Waals surface area contributed by atoms with Gasteiger partial charge in [-0.25, -0.2) is 15.0 Å². The number of aromatic nitrogens is 4. The molecule has 0 spiro atoms. The molecule has 0 aliphatic heterocycles. The summed E-state index contributed by atoms with van der Waals surface area (Å²) in [6.45, 7) is 7.71. The summed E-state index contributed by atoms with van der Waals surface area (Å²) in [5, 5.41) is 3.51. The first kappa shape index (κ1) is 17.1. The second-order valence-corrected chi connectivity index (χ2v) is 5.68. The van der Waals surface area contributed by atoms with Crippen LogP contribution in [0, 0.1) is 0 Å². The summed E-state index contributed by atoms with van der Waals surface area (Å²) in [4.78, 5) is 15.5. The van der Waals surface area contributed by atoms with Crippen LogP contribution in [0.1, 0.15) is 25.1 Å². The van der Waals surface area contributed by atoms with Crippen molar-refractivity contribution in [1.82, 2.24) is 24.8 Å². The smallest absolute Gasteiger partial charge is 0.233 e. The van der Waals surface area contributed by atoms with Crippen LogP contribution in [-0.4, -0.2) is 32.6 Å². The summed E-state index contributed by atoms with van der Waals surface area (Å²) in [6.07, 6.45) is 7.35. The largest absolute Gasteiger partial charge is 0.357 e. The standard InChI is InChI=1S/C19H24N6/c1-3-24(4-2)18-16(8-5-10-21-18)14-20-15-17-9-6-13-25(17)19-22-11-7-12-23-19/h5-13,20H,3-4,14-15H2,1-2H3. The van der Waals surface area contributed by atoms with Crippen LogP contribution < -0.4 is 10.2 Å². The van der Waals surface area contributed by atoms with Crippen molar-refractivity contribution in [3.05, 3.63) is 66.4 Å². The van der Waals surface area contributed by atoms with Crippen LogP contribution in [0.3, 0.4) is 0 Å². The molecule has 0 radical (unpaired) electrons. The Labute approximate surface area is 148 Å². The van der Waals surface area contributed by atoms with Crippen molar-refractivity contribution in [3.8, 4) is 5.95 Å². The Bertz CT molecular complexity index is 779. The highest BCUT2D eigenvalue weighted by atomic mass is 15.2. The Morgan fingerprint density at radius 2 is 1.68 bits per heavy atom. The first-order chi connectivity index (χ1) is 12.3. The highest BCUT2D eigenvalue weighted by molar-refractivity contribution is 5.46. The van der Waals surface area contributed by atoms with Gasteiger partial charge in [-0.2, -0.15) is 0 Å². The van der Waals surface area contributed by atoms with E-state index in [4.69, 9.17) is 0 Å². The lowest BCUT2D eigenvalue weighted by molar-refractivity contribution is 0.659. The maximum absolute atomic E-state index is 4.56. The SMILES string of the molecule is CCN(CC)c1ncccc1CNCc1cccn1-c1ncccn1. The molecule has 0 fully saturated rings. The second kappa shape index (κ2) is 8.39. The van der Waals surface area contributed by atoms with E-state index in [-0.39, 0.29) is 0 Å². The fourth-order valence-electron chi connectivity index (χ4n) is 2.87. The first-order valence-corrected chi connectivity index (χ1v) is 8.66. The quantitative estimate of drug-likeness (QED) is 0.685. The van der Waals surface area contributed by atoms with Crippen LogP contribution in [0.4, 0.5) is 5.82 Å². The van der Waals surface area contributed by atoms with Crippen molar-refractivity contribution in [3.63, 3.8) is 0 Å². The van der Waals surface area contributed by atoms with Crippen LogP contribution >= 0.6 is 0 Å². The number of anilines is 1. The van der Waals surface area contributed by atoms with E-state index in [9.17, 15) is 0 Å². The number of hydrogen-bond acceptors (Lipinski definition) is 5. The average Bonchev–Trinajstić information content (AvgIpc) is 3.13. The third kappa shape index (κ3) is 4.03. The molecule has 3 aromatic rings. The van der Waals surface area contributed by atoms with Gasteiger partial charge in [-0.3, -0.25) is 4.57 Å². The topological polar surface area (TPSA) is 58.9 Å². The van der Waals surface area contributed by atoms with Gasteiger partial charge in [0.25, 0.3) is 0 Å². The lowest BCUT2D eigenvalue weighted by Crippen LogP contribution is -2.26. The van der Waals surface area contributed by atoms with E-state index >= 15 is 0 Å². The summed E-state index contributed by atoms with van der Waals surface area (Å²) in [5.41, 5.74) is 2.33. The maximum atomic E-state index is 4.56. The fraction of sp³-hybridized carbons (Fsp3) is 0.316. The van der Waals surface area contributed by atoms with Crippen LogP contribution in [0.25, 0.3) is 5.95 Å². The Balaban J connectivity index is 1.68. The van der Waals surface area contributed by atoms with Crippen LogP contribution in [-0.2, 0) is 13.1 Å². The Hall–Kier alpha value is -2.73. The van der Waals surface area contributed by atoms with Gasteiger partial charge >= 0.3 is 0 Å². The molecule has 1 N–H and O–H groups in total. The highest BCUT2D eigenvalue weighted by Gasteiger charge is 2.10. The molecule has 0 unspecified atom stereocenters.